The number of hydrogen-bond acceptors (Lipinski definition) is 4. The third kappa shape index (κ3) is 2.07. The van der Waals surface area contributed by atoms with E-state index in [1.165, 1.54) is 22.3 Å². The summed E-state index contributed by atoms with van der Waals surface area (Å²) in [5.74, 6) is 1.65. The zero-order valence-corrected chi connectivity index (χ0v) is 14.8. The lowest BCUT2D eigenvalue weighted by molar-refractivity contribution is 0.754. The number of benzene rings is 2. The molecule has 0 N–H and O–H groups in total. The summed E-state index contributed by atoms with van der Waals surface area (Å²) in [4.78, 5) is 11.2. The van der Waals surface area contributed by atoms with E-state index in [-0.39, 0.29) is 6.04 Å². The van der Waals surface area contributed by atoms with Gasteiger partial charge in [-0.1, -0.05) is 55.5 Å². The number of hydrogen-bond donors (Lipinski definition) is 0. The highest BCUT2D eigenvalue weighted by Crippen LogP contribution is 2.46. The lowest BCUT2D eigenvalue weighted by Gasteiger charge is -2.28. The van der Waals surface area contributed by atoms with Crippen molar-refractivity contribution in [2.75, 3.05) is 11.9 Å². The van der Waals surface area contributed by atoms with Crippen molar-refractivity contribution in [2.24, 2.45) is 0 Å². The van der Waals surface area contributed by atoms with Crippen molar-refractivity contribution in [1.82, 2.24) is 19.6 Å². The highest BCUT2D eigenvalue weighted by molar-refractivity contribution is 5.80. The zero-order chi connectivity index (χ0) is 17.7. The van der Waals surface area contributed by atoms with Crippen LogP contribution in [0.5, 0.6) is 0 Å². The molecule has 0 unspecified atom stereocenters. The fourth-order valence-electron chi connectivity index (χ4n) is 3.96. The summed E-state index contributed by atoms with van der Waals surface area (Å²) in [6.07, 6.45) is 2.43. The van der Waals surface area contributed by atoms with Gasteiger partial charge in [-0.15, -0.1) is 0 Å². The molecule has 0 spiro atoms. The van der Waals surface area contributed by atoms with Crippen LogP contribution < -0.4 is 4.90 Å². The van der Waals surface area contributed by atoms with E-state index >= 15 is 0 Å². The van der Waals surface area contributed by atoms with Crippen molar-refractivity contribution in [3.8, 4) is 11.1 Å². The summed E-state index contributed by atoms with van der Waals surface area (Å²) in [6.45, 7) is 2.11. The minimum atomic E-state index is 0.141. The van der Waals surface area contributed by atoms with Gasteiger partial charge in [-0.3, -0.25) is 0 Å². The van der Waals surface area contributed by atoms with Gasteiger partial charge in [-0.25, -0.2) is 4.98 Å². The van der Waals surface area contributed by atoms with Gasteiger partial charge in [-0.05, 0) is 28.7 Å². The predicted molar refractivity (Wildman–Crippen MR) is 102 cm³/mol. The molecule has 26 heavy (non-hydrogen) atoms. The van der Waals surface area contributed by atoms with Gasteiger partial charge in [-0.2, -0.15) is 14.6 Å². The first-order chi connectivity index (χ1) is 12.8. The molecular formula is C21H19N5. The van der Waals surface area contributed by atoms with Crippen LogP contribution in [-0.4, -0.2) is 26.6 Å². The Labute approximate surface area is 152 Å². The van der Waals surface area contributed by atoms with E-state index in [1.807, 2.05) is 4.52 Å². The third-order valence-corrected chi connectivity index (χ3v) is 5.20. The van der Waals surface area contributed by atoms with Gasteiger partial charge >= 0.3 is 0 Å². The lowest BCUT2D eigenvalue weighted by Crippen LogP contribution is -2.26. The van der Waals surface area contributed by atoms with Gasteiger partial charge in [0.25, 0.3) is 5.78 Å². The van der Waals surface area contributed by atoms with Crippen LogP contribution in [-0.2, 0) is 6.42 Å². The van der Waals surface area contributed by atoms with Gasteiger partial charge in [0.1, 0.15) is 12.1 Å². The first-order valence-electron chi connectivity index (χ1n) is 8.88. The SMILES string of the molecule is CCc1cc(N(C)C2c3ccccc3-c3ccccc32)n2ncnc2n1. The zero-order valence-electron chi connectivity index (χ0n) is 14.8. The Bertz CT molecular complexity index is 1070. The molecule has 5 rings (SSSR count). The van der Waals surface area contributed by atoms with Crippen molar-refractivity contribution in [3.05, 3.63) is 77.7 Å². The molecule has 0 aliphatic heterocycles. The Morgan fingerprint density at radius 3 is 2.31 bits per heavy atom. The second-order valence-corrected chi connectivity index (χ2v) is 6.62. The maximum Gasteiger partial charge on any atom is 0.254 e. The molecule has 0 amide bonds. The molecule has 0 saturated carbocycles. The van der Waals surface area contributed by atoms with Crippen LogP contribution in [0.15, 0.2) is 60.9 Å². The van der Waals surface area contributed by atoms with E-state index in [9.17, 15) is 0 Å². The summed E-state index contributed by atoms with van der Waals surface area (Å²) in [6, 6.07) is 19.5. The Balaban J connectivity index is 1.72. The lowest BCUT2D eigenvalue weighted by atomic mass is 10.0. The minimum absolute atomic E-state index is 0.141. The summed E-state index contributed by atoms with van der Waals surface area (Å²) in [5.41, 5.74) is 6.27. The second kappa shape index (κ2) is 5.66. The Kier molecular flexibility index (Phi) is 3.28. The van der Waals surface area contributed by atoms with E-state index in [4.69, 9.17) is 0 Å². The molecule has 0 saturated heterocycles. The quantitative estimate of drug-likeness (QED) is 0.567. The van der Waals surface area contributed by atoms with Gasteiger partial charge in [0.05, 0.1) is 6.04 Å². The maximum absolute atomic E-state index is 4.57. The van der Waals surface area contributed by atoms with Crippen molar-refractivity contribution in [3.63, 3.8) is 0 Å². The van der Waals surface area contributed by atoms with E-state index in [1.54, 1.807) is 6.33 Å². The highest BCUT2D eigenvalue weighted by Gasteiger charge is 2.32. The monoisotopic (exact) mass is 341 g/mol. The molecule has 2 aromatic carbocycles. The van der Waals surface area contributed by atoms with E-state index < -0.39 is 0 Å². The molecule has 4 aromatic rings. The average molecular weight is 341 g/mol. The van der Waals surface area contributed by atoms with E-state index in [2.05, 4.69) is 88.5 Å². The molecule has 0 fully saturated rings. The topological polar surface area (TPSA) is 46.3 Å². The molecule has 128 valence electrons. The standard InChI is InChI=1S/C21H19N5/c1-3-14-12-19(26-21(24-14)22-13-23-26)25(2)20-17-10-6-4-8-15(17)16-9-5-7-11-18(16)20/h4-13,20H,3H2,1-2H3. The van der Waals surface area contributed by atoms with Crippen LogP contribution in [0.4, 0.5) is 5.82 Å². The Morgan fingerprint density at radius 2 is 1.65 bits per heavy atom. The van der Waals surface area contributed by atoms with Gasteiger partial charge in [0.15, 0.2) is 0 Å². The van der Waals surface area contributed by atoms with Crippen molar-refractivity contribution < 1.29 is 0 Å². The number of aryl methyl sites for hydroxylation is 1. The number of anilines is 1. The largest absolute Gasteiger partial charge is 0.348 e. The first-order valence-corrected chi connectivity index (χ1v) is 8.88. The summed E-state index contributed by atoms with van der Waals surface area (Å²) in [5, 5.41) is 4.40. The highest BCUT2D eigenvalue weighted by atomic mass is 15.4. The second-order valence-electron chi connectivity index (χ2n) is 6.62. The Hall–Kier alpha value is -3.21. The molecule has 5 nitrogen and oxygen atoms in total. The molecule has 0 bridgehead atoms. The van der Waals surface area contributed by atoms with E-state index in [0.29, 0.717) is 5.78 Å². The van der Waals surface area contributed by atoms with Crippen LogP contribution in [0.3, 0.4) is 0 Å². The number of fused-ring (bicyclic) bond motifs is 4. The number of nitrogens with zero attached hydrogens (tertiary/aromatic N) is 5. The molecule has 2 aromatic heterocycles. The molecule has 0 atom stereocenters. The van der Waals surface area contributed by atoms with Crippen molar-refractivity contribution >= 4 is 11.6 Å². The molecule has 1 aliphatic rings. The maximum atomic E-state index is 4.57. The Morgan fingerprint density at radius 1 is 1.00 bits per heavy atom. The van der Waals surface area contributed by atoms with Gasteiger partial charge in [0, 0.05) is 18.8 Å². The van der Waals surface area contributed by atoms with Crippen LogP contribution in [0.2, 0.25) is 0 Å². The van der Waals surface area contributed by atoms with Crippen LogP contribution in [0.25, 0.3) is 16.9 Å². The smallest absolute Gasteiger partial charge is 0.254 e. The normalized spacial score (nSPS) is 13.0. The van der Waals surface area contributed by atoms with Crippen LogP contribution in [0.1, 0.15) is 29.8 Å². The van der Waals surface area contributed by atoms with Crippen LogP contribution in [0, 0.1) is 0 Å². The molecule has 2 heterocycles. The third-order valence-electron chi connectivity index (χ3n) is 5.20. The average Bonchev–Trinajstić information content (AvgIpc) is 3.29. The summed E-state index contributed by atoms with van der Waals surface area (Å²) < 4.78 is 1.82. The number of aromatic nitrogens is 4. The van der Waals surface area contributed by atoms with Crippen molar-refractivity contribution in [1.29, 1.82) is 0 Å². The minimum Gasteiger partial charge on any atom is -0.348 e. The molecular weight excluding hydrogens is 322 g/mol. The first kappa shape index (κ1) is 15.1. The molecule has 1 aliphatic carbocycles. The van der Waals surface area contributed by atoms with Crippen LogP contribution >= 0.6 is 0 Å². The number of rotatable bonds is 3. The molecule has 0 radical (unpaired) electrons. The molecule has 5 heteroatoms. The summed E-state index contributed by atoms with van der Waals surface area (Å²) >= 11 is 0. The van der Waals surface area contributed by atoms with E-state index in [0.717, 1.165) is 17.9 Å². The summed E-state index contributed by atoms with van der Waals surface area (Å²) in [7, 11) is 2.12. The fraction of sp³-hybridized carbons (Fsp3) is 0.190. The fourth-order valence-corrected chi connectivity index (χ4v) is 3.96. The van der Waals surface area contributed by atoms with Crippen molar-refractivity contribution in [2.45, 2.75) is 19.4 Å². The van der Waals surface area contributed by atoms with Gasteiger partial charge in [0.2, 0.25) is 0 Å². The predicted octanol–water partition coefficient (Wildman–Crippen LogP) is 3.89. The van der Waals surface area contributed by atoms with Gasteiger partial charge < -0.3 is 4.90 Å².